The minimum atomic E-state index is -0.191. The molecule has 0 aromatic heterocycles. The Morgan fingerprint density at radius 2 is 1.31 bits per heavy atom. The van der Waals surface area contributed by atoms with E-state index >= 15 is 0 Å². The highest BCUT2D eigenvalue weighted by Crippen LogP contribution is 2.55. The Morgan fingerprint density at radius 3 is 2.02 bits per heavy atom. The van der Waals surface area contributed by atoms with E-state index in [-0.39, 0.29) is 52.4 Å². The Morgan fingerprint density at radius 1 is 0.636 bits per heavy atom. The van der Waals surface area contributed by atoms with E-state index in [4.69, 9.17) is 14.5 Å². The van der Waals surface area contributed by atoms with Crippen LogP contribution in [0.5, 0.6) is 40.2 Å². The molecule has 2 heterocycles. The molecule has 0 radical (unpaired) electrons. The van der Waals surface area contributed by atoms with E-state index in [9.17, 15) is 25.5 Å². The third-order valence-corrected chi connectivity index (χ3v) is 11.4. The summed E-state index contributed by atoms with van der Waals surface area (Å²) in [5.74, 6) is 0.607. The van der Waals surface area contributed by atoms with Gasteiger partial charge in [-0.3, -0.25) is 4.99 Å². The van der Waals surface area contributed by atoms with Crippen LogP contribution in [0.2, 0.25) is 0 Å². The Balaban J connectivity index is 1.52. The van der Waals surface area contributed by atoms with Crippen molar-refractivity contribution in [3.8, 4) is 73.6 Å². The van der Waals surface area contributed by atoms with Crippen LogP contribution in [0, 0.1) is 13.8 Å². The summed E-state index contributed by atoms with van der Waals surface area (Å²) in [4.78, 5) is 4.84. The van der Waals surface area contributed by atoms with E-state index in [2.05, 4.69) is 12.2 Å². The zero-order chi connectivity index (χ0) is 39.2. The van der Waals surface area contributed by atoms with Crippen LogP contribution >= 0.6 is 0 Å². The first-order valence-electron chi connectivity index (χ1n) is 18.6. The number of fused-ring (bicyclic) bond motifs is 4. The largest absolute Gasteiger partial charge is 0.507 e. The Labute approximate surface area is 320 Å². The number of methoxy groups -OCH3 is 2. The lowest BCUT2D eigenvalue weighted by Crippen LogP contribution is -2.36. The third-order valence-electron chi connectivity index (χ3n) is 11.4. The van der Waals surface area contributed by atoms with Gasteiger partial charge < -0.3 is 40.3 Å². The number of aryl methyl sites for hydroxylation is 2. The van der Waals surface area contributed by atoms with Crippen LogP contribution in [0.15, 0.2) is 59.6 Å². The predicted molar refractivity (Wildman–Crippen MR) is 219 cm³/mol. The Kier molecular flexibility index (Phi) is 8.61. The molecular weight excluding hydrogens is 693 g/mol. The second-order valence-electron chi connectivity index (χ2n) is 15.4. The number of aliphatic imine (C=N–C) groups is 1. The number of aromatic hydroxyl groups is 5. The fourth-order valence-corrected chi connectivity index (χ4v) is 9.22. The molecule has 0 fully saturated rings. The van der Waals surface area contributed by atoms with Gasteiger partial charge in [-0.15, -0.1) is 0 Å². The second-order valence-corrected chi connectivity index (χ2v) is 15.4. The fourth-order valence-electron chi connectivity index (χ4n) is 9.22. The third kappa shape index (κ3) is 5.59. The van der Waals surface area contributed by atoms with Crippen LogP contribution in [0.3, 0.4) is 0 Å². The number of phenols is 5. The molecule has 0 bridgehead atoms. The molecule has 6 N–H and O–H groups in total. The van der Waals surface area contributed by atoms with Crippen LogP contribution in [0.25, 0.3) is 54.9 Å². The number of phenolic OH excluding ortho intramolecular Hbond substituents is 5. The van der Waals surface area contributed by atoms with Gasteiger partial charge in [0.05, 0.1) is 31.2 Å². The molecule has 0 amide bonds. The highest BCUT2D eigenvalue weighted by Gasteiger charge is 2.32. The average molecular weight is 739 g/mol. The maximum Gasteiger partial charge on any atom is 0.139 e. The zero-order valence-electron chi connectivity index (χ0n) is 32.3. The molecule has 0 saturated heterocycles. The normalized spacial score (nSPS) is 17.9. The highest BCUT2D eigenvalue weighted by atomic mass is 16.5. The van der Waals surface area contributed by atoms with Gasteiger partial charge in [0.2, 0.25) is 0 Å². The maximum absolute atomic E-state index is 12.4. The molecule has 55 heavy (non-hydrogen) atoms. The van der Waals surface area contributed by atoms with Crippen molar-refractivity contribution in [2.24, 2.45) is 4.99 Å². The van der Waals surface area contributed by atoms with Gasteiger partial charge in [-0.2, -0.15) is 0 Å². The van der Waals surface area contributed by atoms with Crippen molar-refractivity contribution in [3.63, 3.8) is 0 Å². The number of hydrogen-bond donors (Lipinski definition) is 6. The number of hydrogen-bond acceptors (Lipinski definition) is 9. The van der Waals surface area contributed by atoms with Gasteiger partial charge >= 0.3 is 0 Å². The van der Waals surface area contributed by atoms with E-state index in [1.54, 1.807) is 32.4 Å². The highest BCUT2D eigenvalue weighted by molar-refractivity contribution is 6.14. The molecule has 9 nitrogen and oxygen atoms in total. The summed E-state index contributed by atoms with van der Waals surface area (Å²) in [6, 6.07) is 16.1. The average Bonchev–Trinajstić information content (AvgIpc) is 3.11. The quantitative estimate of drug-likeness (QED) is 0.103. The van der Waals surface area contributed by atoms with Gasteiger partial charge in [0.1, 0.15) is 40.2 Å². The summed E-state index contributed by atoms with van der Waals surface area (Å²) in [5, 5.41) is 65.1. The second kappa shape index (κ2) is 13.1. The summed E-state index contributed by atoms with van der Waals surface area (Å²) < 4.78 is 12.0. The van der Waals surface area contributed by atoms with Crippen LogP contribution in [0.4, 0.5) is 0 Å². The lowest BCUT2D eigenvalue weighted by atomic mass is 9.81. The van der Waals surface area contributed by atoms with Crippen LogP contribution in [-0.4, -0.2) is 57.5 Å². The van der Waals surface area contributed by atoms with Gasteiger partial charge in [0.25, 0.3) is 0 Å². The van der Waals surface area contributed by atoms with E-state index in [1.807, 2.05) is 65.0 Å². The molecule has 3 atom stereocenters. The summed E-state index contributed by atoms with van der Waals surface area (Å²) in [6.07, 6.45) is 1.18. The van der Waals surface area contributed by atoms with Crippen LogP contribution in [0.1, 0.15) is 67.1 Å². The molecule has 0 aliphatic carbocycles. The van der Waals surface area contributed by atoms with Gasteiger partial charge in [0, 0.05) is 57.1 Å². The maximum atomic E-state index is 12.4. The topological polar surface area (TPSA) is 144 Å². The first-order valence-corrected chi connectivity index (χ1v) is 18.6. The van der Waals surface area contributed by atoms with Gasteiger partial charge in [-0.25, -0.2) is 0 Å². The molecule has 6 aromatic carbocycles. The van der Waals surface area contributed by atoms with Crippen molar-refractivity contribution < 1.29 is 35.0 Å². The van der Waals surface area contributed by atoms with Crippen LogP contribution < -0.4 is 14.8 Å². The number of benzene rings is 6. The molecule has 282 valence electrons. The van der Waals surface area contributed by atoms with Gasteiger partial charge in [-0.1, -0.05) is 29.8 Å². The fraction of sp³-hybridized carbons (Fsp3) is 0.283. The summed E-state index contributed by atoms with van der Waals surface area (Å²) in [5.41, 5.74) is 8.62. The first kappa shape index (κ1) is 36.1. The Bertz CT molecular complexity index is 2640. The summed E-state index contributed by atoms with van der Waals surface area (Å²) >= 11 is 0. The molecule has 9 heteroatoms. The minimum absolute atomic E-state index is 0.000806. The van der Waals surface area contributed by atoms with E-state index in [0.29, 0.717) is 79.3 Å². The Hall–Kier alpha value is -5.93. The van der Waals surface area contributed by atoms with Crippen molar-refractivity contribution in [1.29, 1.82) is 0 Å². The minimum Gasteiger partial charge on any atom is -0.507 e. The SMILES string of the molecule is COc1c2c(cc(O)c1-c1cc(-c3cc(-c4c(O)cc(O)c5c4CC(C)NC5C)c4cc(C)cc(OC)c4c3O)c(O)c3ccc(C)cc13)CC(C)N=C2C. The molecule has 2 aliphatic heterocycles. The molecule has 8 rings (SSSR count). The summed E-state index contributed by atoms with van der Waals surface area (Å²) in [7, 11) is 3.12. The number of nitrogens with zero attached hydrogens (tertiary/aromatic N) is 1. The van der Waals surface area contributed by atoms with Gasteiger partial charge in [-0.05, 0) is 117 Å². The molecule has 2 aliphatic rings. The van der Waals surface area contributed by atoms with E-state index < -0.39 is 0 Å². The molecular formula is C46H46N2O7. The monoisotopic (exact) mass is 738 g/mol. The molecule has 0 spiro atoms. The first-order chi connectivity index (χ1) is 26.2. The molecule has 6 aromatic rings. The number of ether oxygens (including phenoxy) is 2. The van der Waals surface area contributed by atoms with E-state index in [1.165, 1.54) is 6.07 Å². The van der Waals surface area contributed by atoms with Crippen molar-refractivity contribution in [1.82, 2.24) is 5.32 Å². The van der Waals surface area contributed by atoms with Crippen molar-refractivity contribution in [3.05, 3.63) is 88.0 Å². The van der Waals surface area contributed by atoms with Crippen molar-refractivity contribution in [2.75, 3.05) is 14.2 Å². The number of nitrogens with one attached hydrogen (secondary N) is 1. The molecule has 0 saturated carbocycles. The summed E-state index contributed by atoms with van der Waals surface area (Å²) in [6.45, 7) is 11.9. The van der Waals surface area contributed by atoms with Crippen LogP contribution in [-0.2, 0) is 12.8 Å². The zero-order valence-corrected chi connectivity index (χ0v) is 32.3. The number of rotatable bonds is 5. The smallest absolute Gasteiger partial charge is 0.139 e. The lowest BCUT2D eigenvalue weighted by Gasteiger charge is -2.32. The molecule has 3 unspecified atom stereocenters. The standard InChI is InChI=1S/C46H46N2O7/c1-20-9-10-27-28(11-20)30(42-35(49)16-26-14-22(3)47-24(5)39(26)46(42)55-8)17-32(44(27)52)33-18-31(29-12-21(2)13-38(54-7)43(29)45(33)53)41-34-15-23(4)48-25(6)40(34)36(50)19-37(41)51/h9-13,16-19,22-23,25,48-53H,14-15H2,1-8H3. The lowest BCUT2D eigenvalue weighted by molar-refractivity contribution is 0.402. The van der Waals surface area contributed by atoms with Gasteiger partial charge in [0.15, 0.2) is 0 Å². The van der Waals surface area contributed by atoms with Crippen molar-refractivity contribution in [2.45, 2.75) is 72.5 Å². The van der Waals surface area contributed by atoms with Crippen molar-refractivity contribution >= 4 is 27.3 Å². The van der Waals surface area contributed by atoms with E-state index in [0.717, 1.165) is 33.5 Å². The predicted octanol–water partition coefficient (Wildman–Crippen LogP) is 9.50.